The maximum absolute atomic E-state index is 5.85. The Balaban J connectivity index is 1.89. The van der Waals surface area contributed by atoms with Crippen molar-refractivity contribution < 1.29 is 0 Å². The van der Waals surface area contributed by atoms with Crippen molar-refractivity contribution >= 4 is 5.69 Å². The lowest BCUT2D eigenvalue weighted by Crippen LogP contribution is -2.32. The molecule has 0 radical (unpaired) electrons. The Morgan fingerprint density at radius 3 is 2.67 bits per heavy atom. The van der Waals surface area contributed by atoms with E-state index in [4.69, 9.17) is 5.84 Å². The lowest BCUT2D eigenvalue weighted by molar-refractivity contribution is 0.447. The maximum Gasteiger partial charge on any atom is 0.0543 e. The topological polar surface area (TPSA) is 54.2 Å². The summed E-state index contributed by atoms with van der Waals surface area (Å²) in [7, 11) is 4.09. The van der Waals surface area contributed by atoms with E-state index in [1.807, 2.05) is 26.4 Å². The molecule has 2 unspecified atom stereocenters. The molecule has 3 N–H and O–H groups in total. The van der Waals surface area contributed by atoms with Crippen molar-refractivity contribution in [3.8, 4) is 0 Å². The maximum atomic E-state index is 5.85. The molecule has 21 heavy (non-hydrogen) atoms. The highest BCUT2D eigenvalue weighted by molar-refractivity contribution is 5.47. The molecule has 4 heteroatoms. The largest absolute Gasteiger partial charge is 0.378 e. The van der Waals surface area contributed by atoms with Crippen molar-refractivity contribution in [2.75, 3.05) is 19.0 Å². The summed E-state index contributed by atoms with van der Waals surface area (Å²) in [6, 6.07) is 12.9. The van der Waals surface area contributed by atoms with E-state index in [0.29, 0.717) is 5.92 Å². The molecule has 0 fully saturated rings. The molecule has 0 saturated carbocycles. The average Bonchev–Trinajstić information content (AvgIpc) is 2.93. The van der Waals surface area contributed by atoms with E-state index in [9.17, 15) is 0 Å². The second kappa shape index (κ2) is 5.84. The summed E-state index contributed by atoms with van der Waals surface area (Å²) in [4.78, 5) is 6.68. The van der Waals surface area contributed by atoms with E-state index in [0.717, 1.165) is 12.8 Å². The molecule has 0 amide bonds. The van der Waals surface area contributed by atoms with Crippen LogP contribution in [0.2, 0.25) is 0 Å². The number of nitrogens with two attached hydrogens (primary N) is 1. The zero-order valence-electron chi connectivity index (χ0n) is 12.6. The van der Waals surface area contributed by atoms with Crippen molar-refractivity contribution in [2.45, 2.75) is 24.8 Å². The van der Waals surface area contributed by atoms with Gasteiger partial charge in [0.25, 0.3) is 0 Å². The number of benzene rings is 1. The number of hydrogen-bond acceptors (Lipinski definition) is 4. The van der Waals surface area contributed by atoms with Crippen LogP contribution in [-0.4, -0.2) is 19.1 Å². The predicted octanol–water partition coefficient (Wildman–Crippen LogP) is 2.38. The fourth-order valence-corrected chi connectivity index (χ4v) is 3.19. The molecule has 1 aliphatic carbocycles. The first kappa shape index (κ1) is 14.0. The quantitative estimate of drug-likeness (QED) is 0.668. The highest BCUT2D eigenvalue weighted by atomic mass is 15.2. The van der Waals surface area contributed by atoms with Gasteiger partial charge in [-0.2, -0.15) is 0 Å². The number of anilines is 1. The Morgan fingerprint density at radius 2 is 2.00 bits per heavy atom. The van der Waals surface area contributed by atoms with Crippen molar-refractivity contribution in [2.24, 2.45) is 5.84 Å². The zero-order valence-corrected chi connectivity index (χ0v) is 12.6. The lowest BCUT2D eigenvalue weighted by Gasteiger charge is -2.24. The van der Waals surface area contributed by atoms with E-state index in [1.54, 1.807) is 0 Å². The van der Waals surface area contributed by atoms with E-state index >= 15 is 0 Å². The summed E-state index contributed by atoms with van der Waals surface area (Å²) in [5.41, 5.74) is 7.95. The number of aromatic nitrogens is 1. The summed E-state index contributed by atoms with van der Waals surface area (Å²) in [5.74, 6) is 6.20. The molecule has 1 aliphatic rings. The zero-order chi connectivity index (χ0) is 14.8. The number of nitrogens with one attached hydrogen (secondary N) is 1. The second-order valence-electron chi connectivity index (χ2n) is 5.82. The standard InChI is InChI=1S/C17H22N4/c1-21(2)14-8-5-13(6-9-14)17(20-18)15-10-7-12-4-3-11-19-16(12)15/h3-6,8-9,11,15,17,20H,7,10,18H2,1-2H3. The lowest BCUT2D eigenvalue weighted by atomic mass is 9.91. The molecule has 2 aromatic rings. The molecule has 1 heterocycles. The van der Waals surface area contributed by atoms with Crippen molar-refractivity contribution in [3.05, 3.63) is 59.4 Å². The Bertz CT molecular complexity index is 606. The minimum atomic E-state index is 0.109. The number of fused-ring (bicyclic) bond motifs is 1. The molecule has 4 nitrogen and oxygen atoms in total. The van der Waals surface area contributed by atoms with E-state index in [2.05, 4.69) is 45.6 Å². The van der Waals surface area contributed by atoms with Gasteiger partial charge in [0.1, 0.15) is 0 Å². The monoisotopic (exact) mass is 282 g/mol. The van der Waals surface area contributed by atoms with E-state index < -0.39 is 0 Å². The van der Waals surface area contributed by atoms with Gasteiger partial charge in [0.05, 0.1) is 6.04 Å². The summed E-state index contributed by atoms with van der Waals surface area (Å²) >= 11 is 0. The van der Waals surface area contributed by atoms with Crippen LogP contribution in [0, 0.1) is 0 Å². The molecule has 0 spiro atoms. The average molecular weight is 282 g/mol. The van der Waals surface area contributed by atoms with Crippen LogP contribution in [0.15, 0.2) is 42.6 Å². The van der Waals surface area contributed by atoms with Gasteiger partial charge in [0.2, 0.25) is 0 Å². The van der Waals surface area contributed by atoms with E-state index in [1.165, 1.54) is 22.5 Å². The van der Waals surface area contributed by atoms with Crippen molar-refractivity contribution in [1.29, 1.82) is 0 Å². The fraction of sp³-hybridized carbons (Fsp3) is 0.353. The molecule has 1 aromatic carbocycles. The first-order valence-corrected chi connectivity index (χ1v) is 7.38. The number of hydrazine groups is 1. The SMILES string of the molecule is CN(C)c1ccc(C(NN)C2CCc3cccnc32)cc1. The van der Waals surface area contributed by atoms with Crippen LogP contribution in [0.3, 0.4) is 0 Å². The summed E-state index contributed by atoms with van der Waals surface area (Å²) in [6.07, 6.45) is 4.05. The van der Waals surface area contributed by atoms with Crippen LogP contribution in [0.1, 0.15) is 35.2 Å². The van der Waals surface area contributed by atoms with Gasteiger partial charge < -0.3 is 4.90 Å². The molecule has 110 valence electrons. The Labute approximate surface area is 126 Å². The minimum Gasteiger partial charge on any atom is -0.378 e. The van der Waals surface area contributed by atoms with Crippen molar-refractivity contribution in [1.82, 2.24) is 10.4 Å². The third kappa shape index (κ3) is 2.64. The fourth-order valence-electron chi connectivity index (χ4n) is 3.19. The Hall–Kier alpha value is -1.91. The van der Waals surface area contributed by atoms with Gasteiger partial charge in [0, 0.05) is 37.6 Å². The predicted molar refractivity (Wildman–Crippen MR) is 86.1 cm³/mol. The van der Waals surface area contributed by atoms with Gasteiger partial charge in [0.15, 0.2) is 0 Å². The summed E-state index contributed by atoms with van der Waals surface area (Å²) < 4.78 is 0. The third-order valence-electron chi connectivity index (χ3n) is 4.35. The van der Waals surface area contributed by atoms with Crippen molar-refractivity contribution in [3.63, 3.8) is 0 Å². The minimum absolute atomic E-state index is 0.109. The number of rotatable bonds is 4. The molecule has 0 bridgehead atoms. The van der Waals surface area contributed by atoms with Crippen LogP contribution in [0.25, 0.3) is 0 Å². The van der Waals surface area contributed by atoms with Crippen LogP contribution >= 0.6 is 0 Å². The molecule has 2 atom stereocenters. The van der Waals surface area contributed by atoms with Gasteiger partial charge in [-0.25, -0.2) is 0 Å². The van der Waals surface area contributed by atoms with Crippen LogP contribution in [0.5, 0.6) is 0 Å². The van der Waals surface area contributed by atoms with Gasteiger partial charge >= 0.3 is 0 Å². The molecular weight excluding hydrogens is 260 g/mol. The Morgan fingerprint density at radius 1 is 1.24 bits per heavy atom. The number of aryl methyl sites for hydroxylation is 1. The smallest absolute Gasteiger partial charge is 0.0543 e. The molecule has 0 saturated heterocycles. The van der Waals surface area contributed by atoms with E-state index in [-0.39, 0.29) is 6.04 Å². The number of hydrogen-bond donors (Lipinski definition) is 2. The first-order chi connectivity index (χ1) is 10.2. The highest BCUT2D eigenvalue weighted by Gasteiger charge is 2.31. The van der Waals surface area contributed by atoms with Gasteiger partial charge in [-0.05, 0) is 42.2 Å². The second-order valence-corrected chi connectivity index (χ2v) is 5.82. The molecule has 0 aliphatic heterocycles. The van der Waals surface area contributed by atoms with Crippen LogP contribution < -0.4 is 16.2 Å². The van der Waals surface area contributed by atoms with Gasteiger partial charge in [-0.15, -0.1) is 0 Å². The number of pyridine rings is 1. The molecular formula is C17H22N4. The Kier molecular flexibility index (Phi) is 3.90. The summed E-state index contributed by atoms with van der Waals surface area (Å²) in [5, 5.41) is 0. The third-order valence-corrected chi connectivity index (χ3v) is 4.35. The normalized spacial score (nSPS) is 18.3. The molecule has 3 rings (SSSR count). The molecule has 1 aromatic heterocycles. The van der Waals surface area contributed by atoms with Gasteiger partial charge in [-0.3, -0.25) is 16.3 Å². The summed E-state index contributed by atoms with van der Waals surface area (Å²) in [6.45, 7) is 0. The van der Waals surface area contributed by atoms with Crippen LogP contribution in [-0.2, 0) is 6.42 Å². The van der Waals surface area contributed by atoms with Crippen LogP contribution in [0.4, 0.5) is 5.69 Å². The van der Waals surface area contributed by atoms with Gasteiger partial charge in [-0.1, -0.05) is 18.2 Å². The number of nitrogens with zero attached hydrogens (tertiary/aromatic N) is 2. The highest BCUT2D eigenvalue weighted by Crippen LogP contribution is 2.40. The first-order valence-electron chi connectivity index (χ1n) is 7.38.